The van der Waals surface area contributed by atoms with Gasteiger partial charge in [0, 0.05) is 39.0 Å². The van der Waals surface area contributed by atoms with Gasteiger partial charge in [-0.25, -0.2) is 14.7 Å². The summed E-state index contributed by atoms with van der Waals surface area (Å²) in [7, 11) is 3.50. The number of nitrogens with zero attached hydrogens (tertiary/aromatic N) is 5. The lowest BCUT2D eigenvalue weighted by molar-refractivity contribution is -0.127. The monoisotopic (exact) mass is 461 g/mol. The van der Waals surface area contributed by atoms with Gasteiger partial charge in [-0.15, -0.1) is 24.0 Å². The zero-order chi connectivity index (χ0) is 17.1. The van der Waals surface area contributed by atoms with E-state index in [0.29, 0.717) is 6.04 Å². The number of carbonyl (C=O) groups is 1. The SMILES string of the molecule is CCc1nc2n(n1)CC(NC(=NCC(=O)N(C)C)NC1CC1)CC2.I. The van der Waals surface area contributed by atoms with Crippen LogP contribution < -0.4 is 10.6 Å². The van der Waals surface area contributed by atoms with Crippen molar-refractivity contribution in [1.29, 1.82) is 0 Å². The summed E-state index contributed by atoms with van der Waals surface area (Å²) in [4.78, 5) is 22.3. The molecule has 0 saturated heterocycles. The van der Waals surface area contributed by atoms with Gasteiger partial charge < -0.3 is 15.5 Å². The van der Waals surface area contributed by atoms with Crippen molar-refractivity contribution in [3.05, 3.63) is 11.6 Å². The topological polar surface area (TPSA) is 87.4 Å². The van der Waals surface area contributed by atoms with Crippen LogP contribution in [0.4, 0.5) is 0 Å². The van der Waals surface area contributed by atoms with Gasteiger partial charge in [-0.1, -0.05) is 6.92 Å². The van der Waals surface area contributed by atoms with Gasteiger partial charge in [-0.2, -0.15) is 5.10 Å². The van der Waals surface area contributed by atoms with E-state index in [2.05, 4.69) is 32.6 Å². The number of halogens is 1. The predicted octanol–water partition coefficient (Wildman–Crippen LogP) is 0.559. The van der Waals surface area contributed by atoms with E-state index >= 15 is 0 Å². The molecule has 2 N–H and O–H groups in total. The van der Waals surface area contributed by atoms with Crippen LogP contribution in [0.15, 0.2) is 4.99 Å². The van der Waals surface area contributed by atoms with Crippen molar-refractivity contribution < 1.29 is 4.79 Å². The second-order valence-corrected chi connectivity index (χ2v) is 6.73. The molecule has 1 aromatic heterocycles. The molecule has 1 saturated carbocycles. The lowest BCUT2D eigenvalue weighted by Gasteiger charge is -2.25. The first kappa shape index (κ1) is 19.9. The Morgan fingerprint density at radius 3 is 2.64 bits per heavy atom. The van der Waals surface area contributed by atoms with E-state index in [4.69, 9.17) is 0 Å². The van der Waals surface area contributed by atoms with Crippen LogP contribution in [0.1, 0.15) is 37.8 Å². The standard InChI is InChI=1S/C16H27N7O.HI/c1-4-13-20-14-8-7-12(10-23(14)21-13)19-16(18-11-5-6-11)17-9-15(24)22(2)3;/h11-12H,4-10H2,1-3H3,(H2,17,18,19);1H. The molecule has 0 bridgehead atoms. The molecule has 1 fully saturated rings. The summed E-state index contributed by atoms with van der Waals surface area (Å²) in [5, 5.41) is 11.4. The van der Waals surface area contributed by atoms with Crippen LogP contribution in [0.3, 0.4) is 0 Å². The van der Waals surface area contributed by atoms with Gasteiger partial charge in [0.15, 0.2) is 11.8 Å². The Kier molecular flexibility index (Phi) is 7.03. The highest BCUT2D eigenvalue weighted by atomic mass is 127. The fraction of sp³-hybridized carbons (Fsp3) is 0.750. The third-order valence-electron chi connectivity index (χ3n) is 4.35. The number of carbonyl (C=O) groups excluding carboxylic acids is 1. The van der Waals surface area contributed by atoms with Crippen LogP contribution in [0, 0.1) is 0 Å². The van der Waals surface area contributed by atoms with Crippen LogP contribution in [0.5, 0.6) is 0 Å². The molecule has 2 heterocycles. The number of aliphatic imine (C=N–C) groups is 1. The largest absolute Gasteiger partial charge is 0.354 e. The van der Waals surface area contributed by atoms with Gasteiger partial charge in [-0.05, 0) is 19.3 Å². The van der Waals surface area contributed by atoms with Gasteiger partial charge in [0.1, 0.15) is 12.4 Å². The Labute approximate surface area is 165 Å². The van der Waals surface area contributed by atoms with Crippen molar-refractivity contribution in [2.24, 2.45) is 4.99 Å². The molecule has 1 amide bonds. The fourth-order valence-electron chi connectivity index (χ4n) is 2.66. The average molecular weight is 461 g/mol. The molecule has 1 unspecified atom stereocenters. The minimum Gasteiger partial charge on any atom is -0.354 e. The van der Waals surface area contributed by atoms with Gasteiger partial charge in [0.25, 0.3) is 0 Å². The molecule has 25 heavy (non-hydrogen) atoms. The second kappa shape index (κ2) is 8.81. The Hall–Kier alpha value is -1.39. The van der Waals surface area contributed by atoms with E-state index in [1.165, 1.54) is 12.8 Å². The van der Waals surface area contributed by atoms with E-state index in [1.807, 2.05) is 4.68 Å². The number of nitrogens with one attached hydrogen (secondary N) is 2. The fourth-order valence-corrected chi connectivity index (χ4v) is 2.66. The van der Waals surface area contributed by atoms with Crippen molar-refractivity contribution in [3.8, 4) is 0 Å². The Bertz CT molecular complexity index is 624. The maximum Gasteiger partial charge on any atom is 0.243 e. The predicted molar refractivity (Wildman–Crippen MR) is 107 cm³/mol. The van der Waals surface area contributed by atoms with Crippen molar-refractivity contribution >= 4 is 35.8 Å². The minimum atomic E-state index is 0. The molecule has 0 spiro atoms. The zero-order valence-electron chi connectivity index (χ0n) is 15.2. The first-order valence-electron chi connectivity index (χ1n) is 8.75. The maximum absolute atomic E-state index is 11.8. The number of rotatable bonds is 5. The van der Waals surface area contributed by atoms with Crippen molar-refractivity contribution in [2.45, 2.75) is 57.7 Å². The van der Waals surface area contributed by atoms with E-state index in [1.54, 1.807) is 19.0 Å². The molecule has 140 valence electrons. The average Bonchev–Trinajstić information content (AvgIpc) is 3.28. The quantitative estimate of drug-likeness (QED) is 0.380. The molecule has 1 atom stereocenters. The molecular weight excluding hydrogens is 433 g/mol. The summed E-state index contributed by atoms with van der Waals surface area (Å²) in [5.41, 5.74) is 0. The summed E-state index contributed by atoms with van der Waals surface area (Å²) in [5.74, 6) is 2.72. The summed E-state index contributed by atoms with van der Waals surface area (Å²) in [6.45, 7) is 3.02. The number of amides is 1. The highest BCUT2D eigenvalue weighted by molar-refractivity contribution is 14.0. The highest BCUT2D eigenvalue weighted by Gasteiger charge is 2.26. The number of aromatic nitrogens is 3. The van der Waals surface area contributed by atoms with Crippen molar-refractivity contribution in [2.75, 3.05) is 20.6 Å². The number of fused-ring (bicyclic) bond motifs is 1. The van der Waals surface area contributed by atoms with Crippen LogP contribution in [-0.4, -0.2) is 64.3 Å². The van der Waals surface area contributed by atoms with Crippen LogP contribution in [-0.2, 0) is 24.2 Å². The number of likely N-dealkylation sites (N-methyl/N-ethyl adjacent to an activating group) is 1. The van der Waals surface area contributed by atoms with Crippen LogP contribution in [0.2, 0.25) is 0 Å². The van der Waals surface area contributed by atoms with Crippen molar-refractivity contribution in [1.82, 2.24) is 30.3 Å². The zero-order valence-corrected chi connectivity index (χ0v) is 17.5. The molecule has 0 radical (unpaired) electrons. The maximum atomic E-state index is 11.8. The summed E-state index contributed by atoms with van der Waals surface area (Å²) >= 11 is 0. The molecule has 1 aliphatic carbocycles. The van der Waals surface area contributed by atoms with E-state index < -0.39 is 0 Å². The number of aryl methyl sites for hydroxylation is 2. The number of hydrogen-bond acceptors (Lipinski definition) is 4. The summed E-state index contributed by atoms with van der Waals surface area (Å²) in [6.07, 6.45) is 5.10. The summed E-state index contributed by atoms with van der Waals surface area (Å²) in [6, 6.07) is 0.742. The first-order valence-corrected chi connectivity index (χ1v) is 8.75. The highest BCUT2D eigenvalue weighted by Crippen LogP contribution is 2.19. The lowest BCUT2D eigenvalue weighted by atomic mass is 10.1. The number of guanidine groups is 1. The van der Waals surface area contributed by atoms with E-state index in [0.717, 1.165) is 43.4 Å². The van der Waals surface area contributed by atoms with Crippen LogP contribution >= 0.6 is 24.0 Å². The second-order valence-electron chi connectivity index (χ2n) is 6.73. The molecular formula is C16H28IN7O. The molecule has 8 nitrogen and oxygen atoms in total. The molecule has 0 aromatic carbocycles. The molecule has 2 aliphatic rings. The Morgan fingerprint density at radius 1 is 1.28 bits per heavy atom. The third kappa shape index (κ3) is 5.55. The van der Waals surface area contributed by atoms with Gasteiger partial charge >= 0.3 is 0 Å². The summed E-state index contributed by atoms with van der Waals surface area (Å²) < 4.78 is 2.00. The lowest BCUT2D eigenvalue weighted by Crippen LogP contribution is -2.48. The third-order valence-corrected chi connectivity index (χ3v) is 4.35. The Balaban J connectivity index is 0.00000225. The Morgan fingerprint density at radius 2 is 2.00 bits per heavy atom. The first-order chi connectivity index (χ1) is 11.5. The normalized spacial score (nSPS) is 19.6. The number of hydrogen-bond donors (Lipinski definition) is 2. The van der Waals surface area contributed by atoms with Gasteiger partial charge in [0.05, 0.1) is 6.54 Å². The molecule has 9 heteroatoms. The van der Waals surface area contributed by atoms with Crippen LogP contribution in [0.25, 0.3) is 0 Å². The smallest absolute Gasteiger partial charge is 0.243 e. The van der Waals surface area contributed by atoms with E-state index in [9.17, 15) is 4.79 Å². The molecule has 1 aromatic rings. The molecule has 1 aliphatic heterocycles. The molecule has 3 rings (SSSR count). The van der Waals surface area contributed by atoms with Gasteiger partial charge in [0.2, 0.25) is 5.91 Å². The van der Waals surface area contributed by atoms with Gasteiger partial charge in [-0.3, -0.25) is 4.79 Å². The van der Waals surface area contributed by atoms with Crippen molar-refractivity contribution in [3.63, 3.8) is 0 Å². The minimum absolute atomic E-state index is 0. The van der Waals surface area contributed by atoms with E-state index in [-0.39, 0.29) is 42.5 Å².